The lowest BCUT2D eigenvalue weighted by Crippen LogP contribution is -2.47. The van der Waals surface area contributed by atoms with Gasteiger partial charge in [0.05, 0.1) is 18.7 Å². The number of carbonyl (C=O) groups is 2. The van der Waals surface area contributed by atoms with Crippen LogP contribution in [0, 0.1) is 0 Å². The number of carbonyl (C=O) groups excluding carboxylic acids is 2. The highest BCUT2D eigenvalue weighted by Crippen LogP contribution is 2.32. The SMILES string of the molecule is CCN1C(=O)NC(c2cccc(Br)c2)C(C(=O)OC)=C1C. The number of nitrogens with one attached hydrogen (secondary N) is 1. The van der Waals surface area contributed by atoms with Gasteiger partial charge in [0.1, 0.15) is 0 Å². The molecule has 0 radical (unpaired) electrons. The van der Waals surface area contributed by atoms with Crippen LogP contribution >= 0.6 is 15.9 Å². The van der Waals surface area contributed by atoms with Crippen molar-refractivity contribution in [2.45, 2.75) is 19.9 Å². The maximum atomic E-state index is 12.2. The van der Waals surface area contributed by atoms with Gasteiger partial charge in [0.25, 0.3) is 0 Å². The monoisotopic (exact) mass is 352 g/mol. The highest BCUT2D eigenvalue weighted by molar-refractivity contribution is 9.10. The highest BCUT2D eigenvalue weighted by atomic mass is 79.9. The fourth-order valence-electron chi connectivity index (χ4n) is 2.47. The lowest BCUT2D eigenvalue weighted by molar-refractivity contribution is -0.136. The molecular formula is C15H17BrN2O3. The van der Waals surface area contributed by atoms with Crippen LogP contribution in [0.4, 0.5) is 4.79 Å². The number of hydrogen-bond acceptors (Lipinski definition) is 3. The second-order valence-corrected chi connectivity index (χ2v) is 5.59. The number of nitrogens with zero attached hydrogens (tertiary/aromatic N) is 1. The molecule has 1 atom stereocenters. The Morgan fingerprint density at radius 2 is 2.19 bits per heavy atom. The molecule has 0 spiro atoms. The van der Waals surface area contributed by atoms with Crippen LogP contribution in [0.1, 0.15) is 25.5 Å². The largest absolute Gasteiger partial charge is 0.466 e. The average molecular weight is 353 g/mol. The molecule has 1 aliphatic rings. The van der Waals surface area contributed by atoms with Crippen molar-refractivity contribution in [3.63, 3.8) is 0 Å². The summed E-state index contributed by atoms with van der Waals surface area (Å²) in [5.41, 5.74) is 1.91. The van der Waals surface area contributed by atoms with Crippen molar-refractivity contribution in [1.82, 2.24) is 10.2 Å². The average Bonchev–Trinajstić information content (AvgIpc) is 2.46. The van der Waals surface area contributed by atoms with Crippen LogP contribution in [0.3, 0.4) is 0 Å². The number of allylic oxidation sites excluding steroid dienone is 1. The molecule has 1 aromatic rings. The molecule has 0 bridgehead atoms. The standard InChI is InChI=1S/C15H17BrN2O3/c1-4-18-9(2)12(14(19)21-3)13(17-15(18)20)10-6-5-7-11(16)8-10/h5-8,13H,4H2,1-3H3,(H,17,20). The van der Waals surface area contributed by atoms with Crippen molar-refractivity contribution < 1.29 is 14.3 Å². The number of methoxy groups -OCH3 is 1. The van der Waals surface area contributed by atoms with Gasteiger partial charge in [-0.2, -0.15) is 0 Å². The van der Waals surface area contributed by atoms with Crippen LogP contribution < -0.4 is 5.32 Å². The number of benzene rings is 1. The summed E-state index contributed by atoms with van der Waals surface area (Å²) in [7, 11) is 1.34. The van der Waals surface area contributed by atoms with E-state index in [0.29, 0.717) is 17.8 Å². The van der Waals surface area contributed by atoms with Crippen molar-refractivity contribution in [3.05, 3.63) is 45.6 Å². The minimum Gasteiger partial charge on any atom is -0.466 e. The lowest BCUT2D eigenvalue weighted by Gasteiger charge is -2.34. The topological polar surface area (TPSA) is 58.6 Å². The Balaban J connectivity index is 2.55. The molecule has 1 N–H and O–H groups in total. The first-order chi connectivity index (χ1) is 9.99. The van der Waals surface area contributed by atoms with Gasteiger partial charge < -0.3 is 10.1 Å². The molecule has 1 heterocycles. The number of rotatable bonds is 3. The van der Waals surface area contributed by atoms with E-state index in [1.54, 1.807) is 6.92 Å². The Labute approximate surface area is 132 Å². The van der Waals surface area contributed by atoms with Crippen LogP contribution in [-0.2, 0) is 9.53 Å². The van der Waals surface area contributed by atoms with E-state index in [1.807, 2.05) is 31.2 Å². The Morgan fingerprint density at radius 1 is 1.48 bits per heavy atom. The number of halogens is 1. The van der Waals surface area contributed by atoms with Crippen molar-refractivity contribution in [1.29, 1.82) is 0 Å². The summed E-state index contributed by atoms with van der Waals surface area (Å²) in [6.45, 7) is 4.11. The highest BCUT2D eigenvalue weighted by Gasteiger charge is 2.35. The number of hydrogen-bond donors (Lipinski definition) is 1. The Hall–Kier alpha value is -1.82. The summed E-state index contributed by atoms with van der Waals surface area (Å²) in [4.78, 5) is 25.9. The van der Waals surface area contributed by atoms with Gasteiger partial charge in [0, 0.05) is 16.7 Å². The van der Waals surface area contributed by atoms with Crippen LogP contribution in [0.2, 0.25) is 0 Å². The Morgan fingerprint density at radius 3 is 2.76 bits per heavy atom. The third kappa shape index (κ3) is 2.95. The van der Waals surface area contributed by atoms with Crippen molar-refractivity contribution in [2.24, 2.45) is 0 Å². The predicted octanol–water partition coefficient (Wildman–Crippen LogP) is 2.98. The van der Waals surface area contributed by atoms with Crippen LogP contribution in [-0.4, -0.2) is 30.6 Å². The first-order valence-corrected chi connectivity index (χ1v) is 7.41. The zero-order valence-corrected chi connectivity index (χ0v) is 13.7. The van der Waals surface area contributed by atoms with E-state index in [9.17, 15) is 9.59 Å². The van der Waals surface area contributed by atoms with E-state index >= 15 is 0 Å². The third-order valence-corrected chi connectivity index (χ3v) is 3.99. The second-order valence-electron chi connectivity index (χ2n) is 4.67. The maximum absolute atomic E-state index is 12.2. The molecule has 5 nitrogen and oxygen atoms in total. The molecule has 1 unspecified atom stereocenters. The van der Waals surface area contributed by atoms with Gasteiger partial charge in [-0.3, -0.25) is 4.90 Å². The minimum atomic E-state index is -0.509. The van der Waals surface area contributed by atoms with E-state index < -0.39 is 12.0 Å². The van der Waals surface area contributed by atoms with Gasteiger partial charge in [-0.15, -0.1) is 0 Å². The number of esters is 1. The van der Waals surface area contributed by atoms with E-state index in [-0.39, 0.29) is 6.03 Å². The van der Waals surface area contributed by atoms with Crippen molar-refractivity contribution in [2.75, 3.05) is 13.7 Å². The molecule has 1 aromatic carbocycles. The van der Waals surface area contributed by atoms with Crippen LogP contribution in [0.15, 0.2) is 40.0 Å². The smallest absolute Gasteiger partial charge is 0.337 e. The first-order valence-electron chi connectivity index (χ1n) is 6.62. The molecule has 0 saturated heterocycles. The summed E-state index contributed by atoms with van der Waals surface area (Å²) >= 11 is 3.40. The maximum Gasteiger partial charge on any atom is 0.337 e. The Kier molecular flexibility index (Phi) is 4.67. The normalized spacial score (nSPS) is 18.6. The zero-order chi connectivity index (χ0) is 15.6. The molecule has 0 fully saturated rings. The third-order valence-electron chi connectivity index (χ3n) is 3.50. The molecule has 21 heavy (non-hydrogen) atoms. The second kappa shape index (κ2) is 6.30. The van der Waals surface area contributed by atoms with Crippen LogP contribution in [0.25, 0.3) is 0 Å². The number of ether oxygens (including phenoxy) is 1. The fourth-order valence-corrected chi connectivity index (χ4v) is 2.89. The van der Waals surface area contributed by atoms with Gasteiger partial charge in [-0.25, -0.2) is 9.59 Å². The van der Waals surface area contributed by atoms with E-state index in [4.69, 9.17) is 4.74 Å². The molecule has 1 aliphatic heterocycles. The molecule has 0 saturated carbocycles. The number of amides is 2. The minimum absolute atomic E-state index is 0.215. The quantitative estimate of drug-likeness (QED) is 0.850. The molecular weight excluding hydrogens is 336 g/mol. The molecule has 2 amide bonds. The van der Waals surface area contributed by atoms with Gasteiger partial charge in [-0.1, -0.05) is 28.1 Å². The zero-order valence-electron chi connectivity index (χ0n) is 12.1. The van der Waals surface area contributed by atoms with Crippen molar-refractivity contribution in [3.8, 4) is 0 Å². The molecule has 0 aromatic heterocycles. The number of urea groups is 1. The molecule has 112 valence electrons. The van der Waals surface area contributed by atoms with E-state index in [1.165, 1.54) is 12.0 Å². The van der Waals surface area contributed by atoms with Gasteiger partial charge in [-0.05, 0) is 31.5 Å². The van der Waals surface area contributed by atoms with Gasteiger partial charge >= 0.3 is 12.0 Å². The van der Waals surface area contributed by atoms with Gasteiger partial charge in [0.15, 0.2) is 0 Å². The fraction of sp³-hybridized carbons (Fsp3) is 0.333. The summed E-state index contributed by atoms with van der Waals surface area (Å²) in [5.74, 6) is -0.434. The first kappa shape index (κ1) is 15.6. The summed E-state index contributed by atoms with van der Waals surface area (Å²) in [6, 6.07) is 6.78. The molecule has 0 aliphatic carbocycles. The molecule has 6 heteroatoms. The lowest BCUT2D eigenvalue weighted by atomic mass is 9.95. The van der Waals surface area contributed by atoms with Crippen molar-refractivity contribution >= 4 is 27.9 Å². The summed E-state index contributed by atoms with van der Waals surface area (Å²) in [6.07, 6.45) is 0. The summed E-state index contributed by atoms with van der Waals surface area (Å²) in [5, 5.41) is 2.86. The predicted molar refractivity (Wildman–Crippen MR) is 82.5 cm³/mol. The van der Waals surface area contributed by atoms with Gasteiger partial charge in [0.2, 0.25) is 0 Å². The summed E-state index contributed by atoms with van der Waals surface area (Å²) < 4.78 is 5.77. The van der Waals surface area contributed by atoms with E-state index in [0.717, 1.165) is 10.0 Å². The van der Waals surface area contributed by atoms with E-state index in [2.05, 4.69) is 21.2 Å². The Bertz CT molecular complexity index is 613. The molecule has 2 rings (SSSR count). The van der Waals surface area contributed by atoms with Crippen LogP contribution in [0.5, 0.6) is 0 Å².